The van der Waals surface area contributed by atoms with Gasteiger partial charge in [0.05, 0.1) is 17.8 Å². The lowest BCUT2D eigenvalue weighted by atomic mass is 10.2. The van der Waals surface area contributed by atoms with Gasteiger partial charge in [-0.3, -0.25) is 9.58 Å². The molecule has 1 N–H and O–H groups in total. The van der Waals surface area contributed by atoms with Gasteiger partial charge in [-0.25, -0.2) is 0 Å². The van der Waals surface area contributed by atoms with E-state index in [2.05, 4.69) is 40.3 Å². The first-order chi connectivity index (χ1) is 8.79. The Hall–Kier alpha value is -1.31. The van der Waals surface area contributed by atoms with Crippen LogP contribution in [-0.4, -0.2) is 47.4 Å². The van der Waals surface area contributed by atoms with E-state index in [-0.39, 0.29) is 0 Å². The molecule has 1 aromatic heterocycles. The summed E-state index contributed by atoms with van der Waals surface area (Å²) in [7, 11) is 0. The molecule has 1 aliphatic rings. The minimum atomic E-state index is 0.861. The molecule has 2 heterocycles. The van der Waals surface area contributed by atoms with Crippen molar-refractivity contribution in [2.24, 2.45) is 0 Å². The van der Waals surface area contributed by atoms with Gasteiger partial charge in [-0.2, -0.15) is 5.10 Å². The maximum atomic E-state index is 4.46. The molecule has 1 fully saturated rings. The van der Waals surface area contributed by atoms with E-state index in [1.807, 2.05) is 11.6 Å². The van der Waals surface area contributed by atoms with Gasteiger partial charge in [0.1, 0.15) is 0 Å². The van der Waals surface area contributed by atoms with Crippen LogP contribution in [0.15, 0.2) is 6.20 Å². The van der Waals surface area contributed by atoms with Crippen molar-refractivity contribution >= 4 is 0 Å². The third kappa shape index (κ3) is 3.59. The highest BCUT2D eigenvalue weighted by atomic mass is 15.3. The normalized spacial score (nSPS) is 16.3. The van der Waals surface area contributed by atoms with Crippen molar-refractivity contribution in [3.05, 3.63) is 17.5 Å². The minimum Gasteiger partial charge on any atom is -0.314 e. The molecule has 98 valence electrons. The first-order valence-electron chi connectivity index (χ1n) is 6.75. The Balaban J connectivity index is 1.92. The standard InChI is InChI=1S/C14H22N4/c1-3-8-18-12-14(13(2)16-18)5-4-9-17-10-6-15-7-11-17/h12,15H,3,6-11H2,1-2H3. The summed E-state index contributed by atoms with van der Waals surface area (Å²) in [5.74, 6) is 6.51. The van der Waals surface area contributed by atoms with E-state index < -0.39 is 0 Å². The van der Waals surface area contributed by atoms with Gasteiger partial charge in [0.25, 0.3) is 0 Å². The number of hydrogen-bond donors (Lipinski definition) is 1. The van der Waals surface area contributed by atoms with E-state index in [1.54, 1.807) is 0 Å². The van der Waals surface area contributed by atoms with Crippen LogP contribution in [0.5, 0.6) is 0 Å². The van der Waals surface area contributed by atoms with Crippen LogP contribution in [0.3, 0.4) is 0 Å². The quantitative estimate of drug-likeness (QED) is 0.803. The zero-order valence-corrected chi connectivity index (χ0v) is 11.4. The fraction of sp³-hybridized carbons (Fsp3) is 0.643. The lowest BCUT2D eigenvalue weighted by molar-refractivity contribution is 0.268. The van der Waals surface area contributed by atoms with Gasteiger partial charge in [-0.15, -0.1) is 0 Å². The summed E-state index contributed by atoms with van der Waals surface area (Å²) in [4.78, 5) is 2.38. The van der Waals surface area contributed by atoms with Crippen molar-refractivity contribution in [1.29, 1.82) is 0 Å². The number of aromatic nitrogens is 2. The molecule has 0 amide bonds. The first-order valence-corrected chi connectivity index (χ1v) is 6.75. The molecule has 4 heteroatoms. The highest BCUT2D eigenvalue weighted by Crippen LogP contribution is 2.04. The average Bonchev–Trinajstić information content (AvgIpc) is 2.72. The van der Waals surface area contributed by atoms with E-state index in [0.717, 1.165) is 56.9 Å². The Morgan fingerprint density at radius 1 is 1.39 bits per heavy atom. The fourth-order valence-electron chi connectivity index (χ4n) is 2.10. The van der Waals surface area contributed by atoms with E-state index in [9.17, 15) is 0 Å². The maximum Gasteiger partial charge on any atom is 0.0750 e. The first kappa shape index (κ1) is 13.1. The molecule has 1 aliphatic heterocycles. The number of piperazine rings is 1. The second-order valence-corrected chi connectivity index (χ2v) is 4.72. The van der Waals surface area contributed by atoms with Crippen LogP contribution >= 0.6 is 0 Å². The number of nitrogens with zero attached hydrogens (tertiary/aromatic N) is 3. The topological polar surface area (TPSA) is 33.1 Å². The van der Waals surface area contributed by atoms with E-state index in [4.69, 9.17) is 0 Å². The van der Waals surface area contributed by atoms with E-state index in [0.29, 0.717) is 0 Å². The molecule has 1 aromatic rings. The van der Waals surface area contributed by atoms with Crippen LogP contribution in [0.2, 0.25) is 0 Å². The van der Waals surface area contributed by atoms with Crippen LogP contribution in [-0.2, 0) is 6.54 Å². The van der Waals surface area contributed by atoms with Crippen molar-refractivity contribution in [2.45, 2.75) is 26.8 Å². The largest absolute Gasteiger partial charge is 0.314 e. The summed E-state index contributed by atoms with van der Waals surface area (Å²) >= 11 is 0. The zero-order chi connectivity index (χ0) is 12.8. The molecule has 0 aliphatic carbocycles. The smallest absolute Gasteiger partial charge is 0.0750 e. The van der Waals surface area contributed by atoms with Crippen molar-refractivity contribution in [2.75, 3.05) is 32.7 Å². The highest BCUT2D eigenvalue weighted by molar-refractivity contribution is 5.35. The molecular formula is C14H22N4. The Bertz CT molecular complexity index is 432. The third-order valence-electron chi connectivity index (χ3n) is 3.13. The molecule has 0 bridgehead atoms. The molecule has 0 saturated carbocycles. The molecule has 0 spiro atoms. The van der Waals surface area contributed by atoms with Crippen molar-refractivity contribution in [3.8, 4) is 11.8 Å². The van der Waals surface area contributed by atoms with Crippen molar-refractivity contribution in [1.82, 2.24) is 20.0 Å². The van der Waals surface area contributed by atoms with E-state index in [1.165, 1.54) is 0 Å². The molecule has 1 saturated heterocycles. The third-order valence-corrected chi connectivity index (χ3v) is 3.13. The van der Waals surface area contributed by atoms with Crippen LogP contribution in [0.25, 0.3) is 0 Å². The van der Waals surface area contributed by atoms with Crippen LogP contribution in [0.4, 0.5) is 0 Å². The molecule has 0 radical (unpaired) electrons. The molecule has 0 atom stereocenters. The lowest BCUT2D eigenvalue weighted by Crippen LogP contribution is -2.43. The maximum absolute atomic E-state index is 4.46. The zero-order valence-electron chi connectivity index (χ0n) is 11.4. The highest BCUT2D eigenvalue weighted by Gasteiger charge is 2.07. The van der Waals surface area contributed by atoms with Crippen molar-refractivity contribution in [3.63, 3.8) is 0 Å². The summed E-state index contributed by atoms with van der Waals surface area (Å²) in [5.41, 5.74) is 2.11. The van der Waals surface area contributed by atoms with Gasteiger partial charge in [-0.05, 0) is 13.3 Å². The summed E-state index contributed by atoms with van der Waals surface area (Å²) in [5, 5.41) is 7.80. The minimum absolute atomic E-state index is 0.861. The molecular weight excluding hydrogens is 224 g/mol. The van der Waals surface area contributed by atoms with Gasteiger partial charge >= 0.3 is 0 Å². The molecule has 4 nitrogen and oxygen atoms in total. The predicted octanol–water partition coefficient (Wildman–Crippen LogP) is 0.858. The molecule has 2 rings (SSSR count). The SMILES string of the molecule is CCCn1cc(C#CCN2CCNCC2)c(C)n1. The Morgan fingerprint density at radius 2 is 2.17 bits per heavy atom. The van der Waals surface area contributed by atoms with Gasteiger partial charge in [0.2, 0.25) is 0 Å². The second-order valence-electron chi connectivity index (χ2n) is 4.72. The molecule has 18 heavy (non-hydrogen) atoms. The number of rotatable bonds is 3. The lowest BCUT2D eigenvalue weighted by Gasteiger charge is -2.24. The van der Waals surface area contributed by atoms with Crippen LogP contribution < -0.4 is 5.32 Å². The number of nitrogens with one attached hydrogen (secondary N) is 1. The van der Waals surface area contributed by atoms with Crippen LogP contribution in [0, 0.1) is 18.8 Å². The Labute approximate surface area is 109 Å². The fourth-order valence-corrected chi connectivity index (χ4v) is 2.10. The predicted molar refractivity (Wildman–Crippen MR) is 73.4 cm³/mol. The number of aryl methyl sites for hydroxylation is 2. The summed E-state index contributed by atoms with van der Waals surface area (Å²) < 4.78 is 1.99. The van der Waals surface area contributed by atoms with Gasteiger partial charge < -0.3 is 5.32 Å². The van der Waals surface area contributed by atoms with Crippen LogP contribution in [0.1, 0.15) is 24.6 Å². The molecule has 0 aromatic carbocycles. The van der Waals surface area contributed by atoms with Gasteiger partial charge in [0, 0.05) is 38.9 Å². The Kier molecular flexibility index (Phi) is 4.80. The summed E-state index contributed by atoms with van der Waals surface area (Å²) in [6.07, 6.45) is 3.17. The monoisotopic (exact) mass is 246 g/mol. The summed E-state index contributed by atoms with van der Waals surface area (Å²) in [6.45, 7) is 10.4. The second kappa shape index (κ2) is 6.58. The van der Waals surface area contributed by atoms with Crippen molar-refractivity contribution < 1.29 is 0 Å². The summed E-state index contributed by atoms with van der Waals surface area (Å²) in [6, 6.07) is 0. The van der Waals surface area contributed by atoms with Gasteiger partial charge in [-0.1, -0.05) is 18.8 Å². The molecule has 0 unspecified atom stereocenters. The number of hydrogen-bond acceptors (Lipinski definition) is 3. The Morgan fingerprint density at radius 3 is 2.89 bits per heavy atom. The van der Waals surface area contributed by atoms with E-state index >= 15 is 0 Å². The average molecular weight is 246 g/mol. The van der Waals surface area contributed by atoms with Gasteiger partial charge in [0.15, 0.2) is 0 Å².